The fourth-order valence-electron chi connectivity index (χ4n) is 2.48. The van der Waals surface area contributed by atoms with Crippen molar-refractivity contribution >= 4 is 10.0 Å². The molecule has 1 saturated heterocycles. The monoisotopic (exact) mass is 285 g/mol. The Morgan fingerprint density at radius 3 is 2.42 bits per heavy atom. The van der Waals surface area contributed by atoms with Gasteiger partial charge in [0.2, 0.25) is 10.0 Å². The second kappa shape index (κ2) is 5.20. The van der Waals surface area contributed by atoms with Crippen LogP contribution in [0.4, 0.5) is 0 Å². The van der Waals surface area contributed by atoms with E-state index in [2.05, 4.69) is 0 Å². The van der Waals surface area contributed by atoms with Crippen LogP contribution in [0.2, 0.25) is 0 Å². The molecule has 0 bridgehead atoms. The van der Waals surface area contributed by atoms with Crippen molar-refractivity contribution in [3.8, 4) is 0 Å². The number of aliphatic hydroxyl groups excluding tert-OH is 2. The summed E-state index contributed by atoms with van der Waals surface area (Å²) in [5.74, 6) is 0. The fourth-order valence-corrected chi connectivity index (χ4v) is 4.33. The molecule has 2 rings (SSSR count). The summed E-state index contributed by atoms with van der Waals surface area (Å²) in [5.41, 5.74) is 0.979. The Kier molecular flexibility index (Phi) is 3.96. The molecule has 0 spiro atoms. The van der Waals surface area contributed by atoms with Gasteiger partial charge in [-0.15, -0.1) is 0 Å². The van der Waals surface area contributed by atoms with E-state index in [1.807, 2.05) is 6.92 Å². The molecule has 3 atom stereocenters. The molecular formula is C13H19NO4S. The van der Waals surface area contributed by atoms with E-state index in [0.717, 1.165) is 5.56 Å². The summed E-state index contributed by atoms with van der Waals surface area (Å²) >= 11 is 0. The molecule has 1 aliphatic heterocycles. The first kappa shape index (κ1) is 14.5. The summed E-state index contributed by atoms with van der Waals surface area (Å²) in [6, 6.07) is 5.49. The van der Waals surface area contributed by atoms with E-state index in [1.54, 1.807) is 31.2 Å². The van der Waals surface area contributed by atoms with Gasteiger partial charge in [-0.25, -0.2) is 8.42 Å². The van der Waals surface area contributed by atoms with Gasteiger partial charge in [-0.3, -0.25) is 0 Å². The van der Waals surface area contributed by atoms with Crippen LogP contribution < -0.4 is 0 Å². The van der Waals surface area contributed by atoms with Crippen LogP contribution in [0.15, 0.2) is 29.2 Å². The van der Waals surface area contributed by atoms with Gasteiger partial charge in [0.15, 0.2) is 0 Å². The number of aliphatic hydroxyl groups is 2. The van der Waals surface area contributed by atoms with Gasteiger partial charge in [0.1, 0.15) is 0 Å². The first-order chi connectivity index (χ1) is 8.87. The van der Waals surface area contributed by atoms with E-state index in [0.29, 0.717) is 0 Å². The van der Waals surface area contributed by atoms with E-state index < -0.39 is 28.2 Å². The number of hydrogen-bond donors (Lipinski definition) is 2. The third-order valence-electron chi connectivity index (χ3n) is 3.64. The molecule has 1 heterocycles. The number of sulfonamides is 1. The molecule has 0 radical (unpaired) electrons. The van der Waals surface area contributed by atoms with Crippen LogP contribution in [-0.2, 0) is 10.0 Å². The lowest BCUT2D eigenvalue weighted by molar-refractivity contribution is 0.150. The van der Waals surface area contributed by atoms with Crippen LogP contribution in [0, 0.1) is 6.92 Å². The maximum atomic E-state index is 12.6. The number of hydrogen-bond acceptors (Lipinski definition) is 4. The highest BCUT2D eigenvalue weighted by atomic mass is 32.2. The van der Waals surface area contributed by atoms with Crippen LogP contribution >= 0.6 is 0 Å². The van der Waals surface area contributed by atoms with Gasteiger partial charge in [-0.05, 0) is 32.4 Å². The van der Waals surface area contributed by atoms with Crippen molar-refractivity contribution in [1.29, 1.82) is 0 Å². The predicted molar refractivity (Wildman–Crippen MR) is 71.2 cm³/mol. The largest absolute Gasteiger partial charge is 0.395 e. The van der Waals surface area contributed by atoms with Crippen molar-refractivity contribution in [3.05, 3.63) is 29.8 Å². The lowest BCUT2D eigenvalue weighted by Crippen LogP contribution is -2.43. The Bertz CT molecular complexity index is 540. The van der Waals surface area contributed by atoms with Crippen LogP contribution in [0.1, 0.15) is 18.9 Å². The smallest absolute Gasteiger partial charge is 0.243 e. The molecule has 0 aliphatic carbocycles. The van der Waals surface area contributed by atoms with Crippen molar-refractivity contribution in [3.63, 3.8) is 0 Å². The number of aryl methyl sites for hydroxylation is 1. The molecule has 1 aromatic carbocycles. The Balaban J connectivity index is 2.41. The number of nitrogens with zero attached hydrogens (tertiary/aromatic N) is 1. The highest BCUT2D eigenvalue weighted by Crippen LogP contribution is 2.31. The average Bonchev–Trinajstić information content (AvgIpc) is 2.66. The van der Waals surface area contributed by atoms with Crippen molar-refractivity contribution in [2.45, 2.75) is 43.4 Å². The topological polar surface area (TPSA) is 77.8 Å². The second-order valence-electron chi connectivity index (χ2n) is 5.03. The predicted octanol–water partition coefficient (Wildman–Crippen LogP) is 0.500. The van der Waals surface area contributed by atoms with Crippen LogP contribution in [0.3, 0.4) is 0 Å². The minimum atomic E-state index is -3.69. The first-order valence-corrected chi connectivity index (χ1v) is 7.71. The summed E-state index contributed by atoms with van der Waals surface area (Å²) in [7, 11) is -3.69. The van der Waals surface area contributed by atoms with Crippen LogP contribution in [0.5, 0.6) is 0 Å². The number of rotatable bonds is 3. The molecule has 5 nitrogen and oxygen atoms in total. The van der Waals surface area contributed by atoms with Gasteiger partial charge in [0, 0.05) is 6.04 Å². The van der Waals surface area contributed by atoms with Gasteiger partial charge in [0.05, 0.1) is 23.6 Å². The van der Waals surface area contributed by atoms with E-state index in [9.17, 15) is 18.6 Å². The molecule has 1 aromatic rings. The summed E-state index contributed by atoms with van der Waals surface area (Å²) in [4.78, 5) is 0.192. The second-order valence-corrected chi connectivity index (χ2v) is 6.87. The molecule has 0 unspecified atom stereocenters. The van der Waals surface area contributed by atoms with Gasteiger partial charge in [-0.1, -0.05) is 17.7 Å². The van der Waals surface area contributed by atoms with E-state index >= 15 is 0 Å². The minimum absolute atomic E-state index is 0.192. The maximum absolute atomic E-state index is 12.6. The zero-order valence-electron chi connectivity index (χ0n) is 11.0. The quantitative estimate of drug-likeness (QED) is 0.848. The molecule has 0 saturated carbocycles. The van der Waals surface area contributed by atoms with E-state index in [1.165, 1.54) is 4.31 Å². The van der Waals surface area contributed by atoms with E-state index in [-0.39, 0.29) is 17.9 Å². The van der Waals surface area contributed by atoms with Gasteiger partial charge >= 0.3 is 0 Å². The molecule has 106 valence electrons. The molecule has 19 heavy (non-hydrogen) atoms. The Labute approximate surface area is 113 Å². The zero-order valence-corrected chi connectivity index (χ0v) is 11.8. The van der Waals surface area contributed by atoms with Crippen molar-refractivity contribution in [2.75, 3.05) is 6.61 Å². The lowest BCUT2D eigenvalue weighted by atomic mass is 10.2. The standard InChI is InChI=1S/C13H19NO4S/c1-9-3-5-12(6-4-9)19(17,18)14-10(2)13(16)7-11(14)8-15/h3-6,10-11,13,15-16H,7-8H2,1-2H3/t10-,11+,13+/m0/s1. The van der Waals surface area contributed by atoms with Crippen molar-refractivity contribution < 1.29 is 18.6 Å². The molecule has 1 aliphatic rings. The van der Waals surface area contributed by atoms with Gasteiger partial charge in [-0.2, -0.15) is 4.31 Å². The Hall–Kier alpha value is -0.950. The molecule has 2 N–H and O–H groups in total. The van der Waals surface area contributed by atoms with Crippen LogP contribution in [-0.4, -0.2) is 47.7 Å². The average molecular weight is 285 g/mol. The maximum Gasteiger partial charge on any atom is 0.243 e. The summed E-state index contributed by atoms with van der Waals surface area (Å²) in [6.07, 6.45) is -0.472. The Morgan fingerprint density at radius 2 is 1.89 bits per heavy atom. The third kappa shape index (κ3) is 2.53. The van der Waals surface area contributed by atoms with Gasteiger partial charge in [0.25, 0.3) is 0 Å². The zero-order chi connectivity index (χ0) is 14.2. The highest BCUT2D eigenvalue weighted by Gasteiger charge is 2.44. The highest BCUT2D eigenvalue weighted by molar-refractivity contribution is 7.89. The third-order valence-corrected chi connectivity index (χ3v) is 5.69. The SMILES string of the molecule is Cc1ccc(S(=O)(=O)N2[C@@H](CO)C[C@@H](O)[C@@H]2C)cc1. The Morgan fingerprint density at radius 1 is 1.32 bits per heavy atom. The van der Waals surface area contributed by atoms with Gasteiger partial charge < -0.3 is 10.2 Å². The lowest BCUT2D eigenvalue weighted by Gasteiger charge is -2.26. The molecule has 6 heteroatoms. The number of benzene rings is 1. The summed E-state index contributed by atoms with van der Waals surface area (Å²) in [5, 5.41) is 19.1. The van der Waals surface area contributed by atoms with Crippen molar-refractivity contribution in [1.82, 2.24) is 4.31 Å². The molecule has 0 amide bonds. The fraction of sp³-hybridized carbons (Fsp3) is 0.538. The summed E-state index contributed by atoms with van der Waals surface area (Å²) in [6.45, 7) is 3.26. The normalized spacial score (nSPS) is 28.7. The molecular weight excluding hydrogens is 266 g/mol. The first-order valence-electron chi connectivity index (χ1n) is 6.27. The molecule has 0 aromatic heterocycles. The van der Waals surface area contributed by atoms with Crippen LogP contribution in [0.25, 0.3) is 0 Å². The minimum Gasteiger partial charge on any atom is -0.395 e. The van der Waals surface area contributed by atoms with Crippen molar-refractivity contribution in [2.24, 2.45) is 0 Å². The van der Waals surface area contributed by atoms with E-state index in [4.69, 9.17) is 0 Å². The molecule has 1 fully saturated rings. The summed E-state index contributed by atoms with van der Waals surface area (Å²) < 4.78 is 26.4.